The summed E-state index contributed by atoms with van der Waals surface area (Å²) < 4.78 is 17.9. The van der Waals surface area contributed by atoms with Crippen LogP contribution < -0.4 is 5.73 Å². The van der Waals surface area contributed by atoms with Crippen LogP contribution in [0.15, 0.2) is 0 Å². The highest BCUT2D eigenvalue weighted by atomic mass is 32.2. The molecular formula is C13H25NO2S. The lowest BCUT2D eigenvalue weighted by Gasteiger charge is -2.33. The molecule has 0 aromatic heterocycles. The average Bonchev–Trinajstić information content (AvgIpc) is 2.82. The van der Waals surface area contributed by atoms with Gasteiger partial charge in [-0.05, 0) is 38.0 Å². The number of nitrogens with two attached hydrogens (primary N) is 1. The summed E-state index contributed by atoms with van der Waals surface area (Å²) in [6.07, 6.45) is 6.93. The van der Waals surface area contributed by atoms with Crippen molar-refractivity contribution in [2.24, 2.45) is 11.7 Å². The normalized spacial score (nSPS) is 40.4. The molecule has 2 aliphatic rings. The number of hydrogen-bond donors (Lipinski definition) is 1. The van der Waals surface area contributed by atoms with E-state index < -0.39 is 10.8 Å². The second-order valence-corrected chi connectivity index (χ2v) is 7.17. The predicted octanol–water partition coefficient (Wildman–Crippen LogP) is 1.82. The molecule has 2 fully saturated rings. The summed E-state index contributed by atoms with van der Waals surface area (Å²) in [5, 5.41) is 0.206. The van der Waals surface area contributed by atoms with Crippen molar-refractivity contribution >= 4 is 10.8 Å². The molecule has 1 heterocycles. The molecule has 1 saturated heterocycles. The number of hydrogen-bond acceptors (Lipinski definition) is 3. The van der Waals surface area contributed by atoms with Crippen LogP contribution in [0, 0.1) is 5.92 Å². The lowest BCUT2D eigenvalue weighted by Crippen LogP contribution is -2.44. The Kier molecular flexibility index (Phi) is 5.00. The van der Waals surface area contributed by atoms with Crippen LogP contribution in [-0.4, -0.2) is 34.0 Å². The molecule has 0 radical (unpaired) electrons. The van der Waals surface area contributed by atoms with Gasteiger partial charge in [0.2, 0.25) is 0 Å². The van der Waals surface area contributed by atoms with E-state index in [2.05, 4.69) is 6.92 Å². The second-order valence-electron chi connectivity index (χ2n) is 5.47. The van der Waals surface area contributed by atoms with Crippen molar-refractivity contribution in [2.45, 2.75) is 62.8 Å². The molecule has 0 aromatic carbocycles. The van der Waals surface area contributed by atoms with E-state index >= 15 is 0 Å². The molecule has 0 spiro atoms. The van der Waals surface area contributed by atoms with Gasteiger partial charge in [0.1, 0.15) is 0 Å². The molecule has 1 aliphatic heterocycles. The third-order valence-corrected chi connectivity index (χ3v) is 6.16. The molecule has 1 aliphatic carbocycles. The summed E-state index contributed by atoms with van der Waals surface area (Å²) in [5.74, 6) is 1.43. The summed E-state index contributed by atoms with van der Waals surface area (Å²) >= 11 is 0. The summed E-state index contributed by atoms with van der Waals surface area (Å²) in [7, 11) is -0.799. The van der Waals surface area contributed by atoms with Crippen molar-refractivity contribution in [3.63, 3.8) is 0 Å². The first kappa shape index (κ1) is 13.5. The van der Waals surface area contributed by atoms with Gasteiger partial charge in [0.15, 0.2) is 0 Å². The van der Waals surface area contributed by atoms with Crippen LogP contribution in [-0.2, 0) is 15.5 Å². The topological polar surface area (TPSA) is 52.3 Å². The quantitative estimate of drug-likeness (QED) is 0.838. The fourth-order valence-electron chi connectivity index (χ4n) is 2.99. The van der Waals surface area contributed by atoms with Gasteiger partial charge in [0.25, 0.3) is 0 Å². The molecule has 17 heavy (non-hydrogen) atoms. The minimum absolute atomic E-state index is 0.139. The molecule has 0 aromatic rings. The third kappa shape index (κ3) is 3.52. The highest BCUT2D eigenvalue weighted by molar-refractivity contribution is 7.85. The van der Waals surface area contributed by atoms with Crippen LogP contribution in [0.2, 0.25) is 0 Å². The largest absolute Gasteiger partial charge is 0.377 e. The van der Waals surface area contributed by atoms with Crippen LogP contribution in [0.1, 0.15) is 45.4 Å². The second kappa shape index (κ2) is 6.30. The average molecular weight is 259 g/mol. The van der Waals surface area contributed by atoms with Gasteiger partial charge in [-0.3, -0.25) is 4.21 Å². The van der Waals surface area contributed by atoms with E-state index in [4.69, 9.17) is 10.5 Å². The van der Waals surface area contributed by atoms with Crippen molar-refractivity contribution in [3.05, 3.63) is 0 Å². The van der Waals surface area contributed by atoms with Gasteiger partial charge in [-0.15, -0.1) is 0 Å². The van der Waals surface area contributed by atoms with E-state index in [1.54, 1.807) is 0 Å². The molecule has 1 saturated carbocycles. The first-order chi connectivity index (χ1) is 8.20. The molecular weight excluding hydrogens is 234 g/mol. The molecule has 2 rings (SSSR count). The monoisotopic (exact) mass is 259 g/mol. The Hall–Kier alpha value is 0.0700. The molecule has 4 heteroatoms. The predicted molar refractivity (Wildman–Crippen MR) is 71.4 cm³/mol. The third-order valence-electron chi connectivity index (χ3n) is 4.24. The standard InChI is InChI=1S/C13H25NO2S/c1-2-10-5-6-12(14)13(8-10)17(15)9-11-4-3-7-16-11/h10-13H,2-9,14H2,1H3. The van der Waals surface area contributed by atoms with E-state index in [1.165, 1.54) is 12.8 Å². The van der Waals surface area contributed by atoms with Crippen LogP contribution in [0.5, 0.6) is 0 Å². The van der Waals surface area contributed by atoms with E-state index in [9.17, 15) is 4.21 Å². The van der Waals surface area contributed by atoms with Crippen LogP contribution in [0.3, 0.4) is 0 Å². The minimum Gasteiger partial charge on any atom is -0.377 e. The van der Waals surface area contributed by atoms with Gasteiger partial charge in [0, 0.05) is 23.4 Å². The number of ether oxygens (including phenoxy) is 1. The lowest BCUT2D eigenvalue weighted by atomic mass is 9.84. The van der Waals surface area contributed by atoms with Crippen molar-refractivity contribution in [3.8, 4) is 0 Å². The maximum atomic E-state index is 12.4. The zero-order valence-corrected chi connectivity index (χ0v) is 11.6. The van der Waals surface area contributed by atoms with E-state index in [-0.39, 0.29) is 17.4 Å². The molecule has 100 valence electrons. The smallest absolute Gasteiger partial charge is 0.0691 e. The Morgan fingerprint density at radius 2 is 2.18 bits per heavy atom. The zero-order chi connectivity index (χ0) is 12.3. The van der Waals surface area contributed by atoms with Crippen molar-refractivity contribution in [1.29, 1.82) is 0 Å². The number of rotatable bonds is 4. The first-order valence-corrected chi connectivity index (χ1v) is 8.33. The van der Waals surface area contributed by atoms with E-state index in [1.807, 2.05) is 0 Å². The molecule has 0 amide bonds. The SMILES string of the molecule is CCC1CCC(N)C(S(=O)CC2CCCO2)C1. The van der Waals surface area contributed by atoms with Gasteiger partial charge in [0.05, 0.1) is 17.1 Å². The maximum absolute atomic E-state index is 12.4. The van der Waals surface area contributed by atoms with Crippen LogP contribution in [0.25, 0.3) is 0 Å². The van der Waals surface area contributed by atoms with Crippen LogP contribution in [0.4, 0.5) is 0 Å². The first-order valence-electron chi connectivity index (χ1n) is 6.95. The lowest BCUT2D eigenvalue weighted by molar-refractivity contribution is 0.128. The fourth-order valence-corrected chi connectivity index (χ4v) is 4.88. The Bertz CT molecular complexity index is 266. The van der Waals surface area contributed by atoms with E-state index in [0.29, 0.717) is 5.75 Å². The highest BCUT2D eigenvalue weighted by Gasteiger charge is 2.33. The Balaban J connectivity index is 1.87. The Morgan fingerprint density at radius 1 is 1.35 bits per heavy atom. The van der Waals surface area contributed by atoms with Crippen molar-refractivity contribution < 1.29 is 8.95 Å². The Labute approximate surface area is 107 Å². The summed E-state index contributed by atoms with van der Waals surface area (Å²) in [6.45, 7) is 3.07. The zero-order valence-electron chi connectivity index (χ0n) is 10.8. The van der Waals surface area contributed by atoms with Gasteiger partial charge in [-0.1, -0.05) is 13.3 Å². The van der Waals surface area contributed by atoms with Crippen molar-refractivity contribution in [2.75, 3.05) is 12.4 Å². The van der Waals surface area contributed by atoms with Gasteiger partial charge in [-0.2, -0.15) is 0 Å². The summed E-state index contributed by atoms with van der Waals surface area (Å²) in [6, 6.07) is 0.139. The molecule has 3 nitrogen and oxygen atoms in total. The molecule has 0 bridgehead atoms. The molecule has 5 atom stereocenters. The minimum atomic E-state index is -0.799. The summed E-state index contributed by atoms with van der Waals surface area (Å²) in [5.41, 5.74) is 6.14. The van der Waals surface area contributed by atoms with Gasteiger partial charge < -0.3 is 10.5 Å². The summed E-state index contributed by atoms with van der Waals surface area (Å²) in [4.78, 5) is 0. The van der Waals surface area contributed by atoms with Crippen molar-refractivity contribution in [1.82, 2.24) is 0 Å². The Morgan fingerprint density at radius 3 is 2.82 bits per heavy atom. The molecule has 5 unspecified atom stereocenters. The fraction of sp³-hybridized carbons (Fsp3) is 1.00. The van der Waals surface area contributed by atoms with Gasteiger partial charge >= 0.3 is 0 Å². The highest BCUT2D eigenvalue weighted by Crippen LogP contribution is 2.30. The maximum Gasteiger partial charge on any atom is 0.0691 e. The van der Waals surface area contributed by atoms with Gasteiger partial charge in [-0.25, -0.2) is 0 Å². The van der Waals surface area contributed by atoms with Crippen LogP contribution >= 0.6 is 0 Å². The van der Waals surface area contributed by atoms with E-state index in [0.717, 1.165) is 38.2 Å². The molecule has 2 N–H and O–H groups in total.